The van der Waals surface area contributed by atoms with Crippen LogP contribution in [-0.4, -0.2) is 42.8 Å². The Kier molecular flexibility index (Phi) is 10.7. The summed E-state index contributed by atoms with van der Waals surface area (Å²) in [5.74, 6) is -1.03. The predicted octanol–water partition coefficient (Wildman–Crippen LogP) is 3.86. The third-order valence-electron chi connectivity index (χ3n) is 7.08. The molecule has 10 heteroatoms. The Bertz CT molecular complexity index is 1550. The predicted molar refractivity (Wildman–Crippen MR) is 173 cm³/mol. The van der Waals surface area contributed by atoms with E-state index in [4.69, 9.17) is 11.5 Å². The van der Waals surface area contributed by atoms with Crippen molar-refractivity contribution in [3.63, 3.8) is 0 Å². The number of hydrogen-bond acceptors (Lipinski definition) is 4. The van der Waals surface area contributed by atoms with Gasteiger partial charge in [0.15, 0.2) is 5.96 Å². The Hall–Kier alpha value is -5.64. The van der Waals surface area contributed by atoms with Crippen LogP contribution in [0.5, 0.6) is 0 Å². The van der Waals surface area contributed by atoms with Crippen LogP contribution in [0.1, 0.15) is 39.8 Å². The summed E-state index contributed by atoms with van der Waals surface area (Å²) in [6, 6.07) is 32.0. The molecule has 0 aliphatic rings. The molecule has 226 valence electrons. The van der Waals surface area contributed by atoms with Crippen LogP contribution in [0.15, 0.2) is 114 Å². The van der Waals surface area contributed by atoms with Crippen LogP contribution in [0.3, 0.4) is 0 Å². The number of guanidine groups is 1. The minimum Gasteiger partial charge on any atom is -0.370 e. The second-order valence-electron chi connectivity index (χ2n) is 10.3. The number of amides is 4. The Morgan fingerprint density at radius 2 is 1.34 bits per heavy atom. The van der Waals surface area contributed by atoms with Crippen LogP contribution in [0.2, 0.25) is 0 Å². The summed E-state index contributed by atoms with van der Waals surface area (Å²) >= 11 is 0. The Morgan fingerprint density at radius 3 is 1.91 bits per heavy atom. The molecule has 0 aliphatic carbocycles. The zero-order valence-electron chi connectivity index (χ0n) is 24.7. The first-order valence-electron chi connectivity index (χ1n) is 14.1. The topological polar surface area (TPSA) is 155 Å². The zero-order chi connectivity index (χ0) is 31.5. The number of carbonyl (C=O) groups excluding carboxylic acids is 3. The smallest absolute Gasteiger partial charge is 0.312 e. The van der Waals surface area contributed by atoms with Gasteiger partial charge < -0.3 is 32.3 Å². The maximum Gasteiger partial charge on any atom is 0.312 e. The molecule has 44 heavy (non-hydrogen) atoms. The quantitative estimate of drug-likeness (QED) is 0.132. The van der Waals surface area contributed by atoms with Gasteiger partial charge in [0.05, 0.1) is 5.92 Å². The molecule has 4 rings (SSSR count). The van der Waals surface area contributed by atoms with Crippen LogP contribution >= 0.6 is 0 Å². The summed E-state index contributed by atoms with van der Waals surface area (Å²) in [6.45, 7) is 0.600. The minimum atomic E-state index is -0.997. The lowest BCUT2D eigenvalue weighted by Gasteiger charge is -2.27. The number of rotatable bonds is 11. The average molecular weight is 592 g/mol. The molecule has 0 spiro atoms. The van der Waals surface area contributed by atoms with Gasteiger partial charge in [0.2, 0.25) is 11.8 Å². The first kappa shape index (κ1) is 31.3. The number of aliphatic imine (C=N–C) groups is 1. The molecule has 0 saturated carbocycles. The number of urea groups is 1. The average Bonchev–Trinajstić information content (AvgIpc) is 3.04. The fourth-order valence-corrected chi connectivity index (χ4v) is 4.82. The zero-order valence-corrected chi connectivity index (χ0v) is 24.7. The van der Waals surface area contributed by atoms with Crippen molar-refractivity contribution in [2.24, 2.45) is 16.5 Å². The summed E-state index contributed by atoms with van der Waals surface area (Å²) in [7, 11) is 3.27. The molecular weight excluding hydrogens is 554 g/mol. The fourth-order valence-electron chi connectivity index (χ4n) is 4.82. The van der Waals surface area contributed by atoms with Crippen molar-refractivity contribution >= 4 is 29.5 Å². The van der Waals surface area contributed by atoms with E-state index in [2.05, 4.69) is 20.9 Å². The maximum atomic E-state index is 14.1. The number of nitrogens with one attached hydrogen (secondary N) is 3. The highest BCUT2D eigenvalue weighted by Gasteiger charge is 2.31. The molecular formula is C34H37N7O3. The summed E-state index contributed by atoms with van der Waals surface area (Å²) in [5.41, 5.74) is 15.6. The number of nitrogens with zero attached hydrogens (tertiary/aromatic N) is 2. The van der Waals surface area contributed by atoms with E-state index in [9.17, 15) is 14.4 Å². The molecule has 0 radical (unpaired) electrons. The number of nitrogens with two attached hydrogens (primary N) is 2. The molecule has 1 atom stereocenters. The second-order valence-corrected chi connectivity index (χ2v) is 10.3. The number of primary amides is 1. The number of carbonyl (C=O) groups is 3. The summed E-state index contributed by atoms with van der Waals surface area (Å²) in [5, 5.41) is 8.62. The van der Waals surface area contributed by atoms with Crippen LogP contribution in [0.4, 0.5) is 10.5 Å². The van der Waals surface area contributed by atoms with E-state index in [0.29, 0.717) is 24.3 Å². The molecule has 4 aromatic rings. The van der Waals surface area contributed by atoms with Crippen molar-refractivity contribution in [2.45, 2.75) is 25.0 Å². The summed E-state index contributed by atoms with van der Waals surface area (Å²) in [6.07, 6.45) is 0. The van der Waals surface area contributed by atoms with Crippen LogP contribution in [0.25, 0.3) is 0 Å². The number of hydrogen-bond donors (Lipinski definition) is 5. The van der Waals surface area contributed by atoms with Crippen molar-refractivity contribution in [1.82, 2.24) is 15.5 Å². The molecule has 10 nitrogen and oxygen atoms in total. The molecule has 0 saturated heterocycles. The maximum absolute atomic E-state index is 14.1. The number of likely N-dealkylation sites (N-methyl/N-ethyl adjacent to an activating group) is 1. The molecule has 0 heterocycles. The molecule has 0 bridgehead atoms. The Labute approximate surface area is 257 Å². The van der Waals surface area contributed by atoms with E-state index in [-0.39, 0.29) is 17.8 Å². The fraction of sp³-hybridized carbons (Fsp3) is 0.176. The van der Waals surface area contributed by atoms with Crippen LogP contribution in [-0.2, 0) is 22.7 Å². The van der Waals surface area contributed by atoms with Crippen LogP contribution < -0.4 is 27.4 Å². The van der Waals surface area contributed by atoms with Gasteiger partial charge in [0.25, 0.3) is 0 Å². The van der Waals surface area contributed by atoms with E-state index < -0.39 is 18.0 Å². The summed E-state index contributed by atoms with van der Waals surface area (Å²) in [4.78, 5) is 44.7. The largest absolute Gasteiger partial charge is 0.370 e. The molecule has 4 amide bonds. The molecule has 0 fully saturated rings. The lowest BCUT2D eigenvalue weighted by molar-refractivity contribution is -0.136. The van der Waals surface area contributed by atoms with Gasteiger partial charge in [0.1, 0.15) is 6.04 Å². The first-order chi connectivity index (χ1) is 21.2. The van der Waals surface area contributed by atoms with Gasteiger partial charge in [-0.25, -0.2) is 4.79 Å². The molecule has 7 N–H and O–H groups in total. The second kappa shape index (κ2) is 15.0. The van der Waals surface area contributed by atoms with Gasteiger partial charge in [-0.05, 0) is 39.9 Å². The summed E-state index contributed by atoms with van der Waals surface area (Å²) < 4.78 is 0. The third-order valence-corrected chi connectivity index (χ3v) is 7.08. The molecule has 0 aromatic heterocycles. The SMILES string of the molecule is CN=C(N)Nc1cccc(C(NC(=O)C(c2ccccc2)c2ccccc2)C(=O)N(C)Cc2ccc(CNC(N)=O)cc2)c1. The van der Waals surface area contributed by atoms with E-state index >= 15 is 0 Å². The molecule has 0 aliphatic heterocycles. The Balaban J connectivity index is 1.64. The van der Waals surface area contributed by atoms with Crippen molar-refractivity contribution in [3.05, 3.63) is 137 Å². The highest BCUT2D eigenvalue weighted by atomic mass is 16.2. The monoisotopic (exact) mass is 591 g/mol. The van der Waals surface area contributed by atoms with E-state index in [1.807, 2.05) is 84.9 Å². The number of benzene rings is 4. The lowest BCUT2D eigenvalue weighted by atomic mass is 9.90. The highest BCUT2D eigenvalue weighted by molar-refractivity contribution is 5.94. The normalized spacial score (nSPS) is 11.8. The van der Waals surface area contributed by atoms with Crippen molar-refractivity contribution in [3.8, 4) is 0 Å². The van der Waals surface area contributed by atoms with E-state index in [1.54, 1.807) is 43.3 Å². The third kappa shape index (κ3) is 8.45. The highest BCUT2D eigenvalue weighted by Crippen LogP contribution is 2.27. The van der Waals surface area contributed by atoms with E-state index in [1.165, 1.54) is 0 Å². The van der Waals surface area contributed by atoms with Crippen molar-refractivity contribution in [2.75, 3.05) is 19.4 Å². The van der Waals surface area contributed by atoms with Crippen molar-refractivity contribution < 1.29 is 14.4 Å². The lowest BCUT2D eigenvalue weighted by Crippen LogP contribution is -2.43. The van der Waals surface area contributed by atoms with Gasteiger partial charge in [-0.3, -0.25) is 14.6 Å². The first-order valence-corrected chi connectivity index (χ1v) is 14.1. The minimum absolute atomic E-state index is 0.217. The van der Waals surface area contributed by atoms with Gasteiger partial charge in [-0.15, -0.1) is 0 Å². The van der Waals surface area contributed by atoms with Gasteiger partial charge >= 0.3 is 6.03 Å². The Morgan fingerprint density at radius 1 is 0.773 bits per heavy atom. The standard InChI is InChI=1S/C34H37N7O3/c1-37-33(35)39-28-15-9-14-27(20-28)30(32(43)41(2)22-24-18-16-23(17-19-24)21-38-34(36)44)40-31(42)29(25-10-5-3-6-11-25)26-12-7-4-8-13-26/h3-20,29-30H,21-22H2,1-2H3,(H,40,42)(H3,35,37,39)(H3,36,38,44). The van der Waals surface area contributed by atoms with Crippen molar-refractivity contribution in [1.29, 1.82) is 0 Å². The van der Waals surface area contributed by atoms with Gasteiger partial charge in [-0.2, -0.15) is 0 Å². The van der Waals surface area contributed by atoms with Crippen LogP contribution in [0, 0.1) is 0 Å². The molecule has 4 aromatic carbocycles. The van der Waals surface area contributed by atoms with Gasteiger partial charge in [0, 0.05) is 32.9 Å². The molecule has 1 unspecified atom stereocenters. The number of anilines is 1. The van der Waals surface area contributed by atoms with Gasteiger partial charge in [-0.1, -0.05) is 97.1 Å². The van der Waals surface area contributed by atoms with E-state index in [0.717, 1.165) is 22.3 Å².